The molecule has 0 saturated carbocycles. The third-order valence-electron chi connectivity index (χ3n) is 3.08. The number of carbonyl (C=O) groups excluding carboxylic acids is 1. The van der Waals surface area contributed by atoms with Gasteiger partial charge in [0, 0.05) is 25.2 Å². The molecule has 0 bridgehead atoms. The fourth-order valence-corrected chi connectivity index (χ4v) is 2.32. The fraction of sp³-hybridized carbons (Fsp3) is 0.500. The quantitative estimate of drug-likeness (QED) is 0.803. The summed E-state index contributed by atoms with van der Waals surface area (Å²) in [5.41, 5.74) is 3.46. The molecule has 2 rings (SSSR count). The van der Waals surface area contributed by atoms with Gasteiger partial charge in [-0.1, -0.05) is 6.07 Å². The van der Waals surface area contributed by atoms with Crippen molar-refractivity contribution in [2.75, 3.05) is 24.5 Å². The zero-order valence-electron chi connectivity index (χ0n) is 10.6. The lowest BCUT2D eigenvalue weighted by Gasteiger charge is -2.26. The maximum atomic E-state index is 12.1. The van der Waals surface area contributed by atoms with Crippen LogP contribution in [0.3, 0.4) is 0 Å². The normalized spacial score (nSPS) is 17.8. The number of anilines is 1. The van der Waals surface area contributed by atoms with Crippen LogP contribution in [-0.2, 0) is 4.79 Å². The SMILES string of the molecule is Cc1cc(C)cc(N2CCNCCCC2=O)c1. The highest BCUT2D eigenvalue weighted by Gasteiger charge is 2.17. The van der Waals surface area contributed by atoms with E-state index in [4.69, 9.17) is 0 Å². The molecule has 0 spiro atoms. The van der Waals surface area contributed by atoms with Gasteiger partial charge in [-0.25, -0.2) is 0 Å². The van der Waals surface area contributed by atoms with Gasteiger partial charge in [0.2, 0.25) is 5.91 Å². The predicted octanol–water partition coefficient (Wildman–Crippen LogP) is 2.02. The molecule has 0 radical (unpaired) electrons. The van der Waals surface area contributed by atoms with E-state index in [0.29, 0.717) is 6.42 Å². The van der Waals surface area contributed by atoms with Crippen molar-refractivity contribution in [2.24, 2.45) is 0 Å². The van der Waals surface area contributed by atoms with Crippen molar-refractivity contribution in [3.63, 3.8) is 0 Å². The summed E-state index contributed by atoms with van der Waals surface area (Å²) in [6.45, 7) is 6.74. The molecule has 0 atom stereocenters. The van der Waals surface area contributed by atoms with Crippen LogP contribution < -0.4 is 10.2 Å². The molecule has 0 aliphatic carbocycles. The number of rotatable bonds is 1. The third-order valence-corrected chi connectivity index (χ3v) is 3.08. The van der Waals surface area contributed by atoms with Crippen molar-refractivity contribution in [3.8, 4) is 0 Å². The van der Waals surface area contributed by atoms with Gasteiger partial charge in [-0.3, -0.25) is 4.79 Å². The second kappa shape index (κ2) is 5.32. The lowest BCUT2D eigenvalue weighted by molar-refractivity contribution is -0.118. The lowest BCUT2D eigenvalue weighted by atomic mass is 10.1. The van der Waals surface area contributed by atoms with Crippen LogP contribution in [-0.4, -0.2) is 25.5 Å². The first-order chi connectivity index (χ1) is 8.16. The van der Waals surface area contributed by atoms with Crippen molar-refractivity contribution in [1.29, 1.82) is 0 Å². The summed E-state index contributed by atoms with van der Waals surface area (Å²) in [5.74, 6) is 0.247. The van der Waals surface area contributed by atoms with Crippen LogP contribution in [0, 0.1) is 13.8 Å². The number of aryl methyl sites for hydroxylation is 2. The Balaban J connectivity index is 2.25. The molecular formula is C14H20N2O. The Labute approximate surface area is 103 Å². The van der Waals surface area contributed by atoms with Gasteiger partial charge in [-0.2, -0.15) is 0 Å². The van der Waals surface area contributed by atoms with Gasteiger partial charge in [-0.15, -0.1) is 0 Å². The van der Waals surface area contributed by atoms with Gasteiger partial charge < -0.3 is 10.2 Å². The summed E-state index contributed by atoms with van der Waals surface area (Å²) in [6, 6.07) is 6.31. The van der Waals surface area contributed by atoms with Gasteiger partial charge >= 0.3 is 0 Å². The average molecular weight is 232 g/mol. The fourth-order valence-electron chi connectivity index (χ4n) is 2.32. The second-order valence-corrected chi connectivity index (χ2v) is 4.74. The Hall–Kier alpha value is -1.35. The minimum Gasteiger partial charge on any atom is -0.315 e. The minimum absolute atomic E-state index is 0.247. The Morgan fingerprint density at radius 1 is 1.12 bits per heavy atom. The average Bonchev–Trinajstić information content (AvgIpc) is 2.22. The number of carbonyl (C=O) groups is 1. The summed E-state index contributed by atoms with van der Waals surface area (Å²) in [6.07, 6.45) is 1.57. The molecule has 1 amide bonds. The Morgan fingerprint density at radius 2 is 1.82 bits per heavy atom. The number of amides is 1. The van der Waals surface area contributed by atoms with Crippen LogP contribution in [0.15, 0.2) is 18.2 Å². The van der Waals surface area contributed by atoms with Crippen molar-refractivity contribution >= 4 is 11.6 Å². The molecule has 1 aromatic carbocycles. The number of hydrogen-bond donors (Lipinski definition) is 1. The van der Waals surface area contributed by atoms with Gasteiger partial charge in [-0.05, 0) is 50.1 Å². The van der Waals surface area contributed by atoms with E-state index < -0.39 is 0 Å². The first-order valence-electron chi connectivity index (χ1n) is 6.26. The molecule has 1 aromatic rings. The van der Waals surface area contributed by atoms with Crippen molar-refractivity contribution in [3.05, 3.63) is 29.3 Å². The summed E-state index contributed by atoms with van der Waals surface area (Å²) in [7, 11) is 0. The van der Waals surface area contributed by atoms with Crippen LogP contribution in [0.5, 0.6) is 0 Å². The molecule has 1 aliphatic rings. The summed E-state index contributed by atoms with van der Waals surface area (Å²) < 4.78 is 0. The van der Waals surface area contributed by atoms with E-state index in [2.05, 4.69) is 37.4 Å². The maximum Gasteiger partial charge on any atom is 0.227 e. The predicted molar refractivity (Wildman–Crippen MR) is 70.4 cm³/mol. The van der Waals surface area contributed by atoms with Crippen molar-refractivity contribution < 1.29 is 4.79 Å². The molecule has 1 N–H and O–H groups in total. The smallest absolute Gasteiger partial charge is 0.227 e. The summed E-state index contributed by atoms with van der Waals surface area (Å²) in [4.78, 5) is 14.0. The van der Waals surface area contributed by atoms with E-state index in [-0.39, 0.29) is 5.91 Å². The van der Waals surface area contributed by atoms with Gasteiger partial charge in [0.15, 0.2) is 0 Å². The number of nitrogens with zero attached hydrogens (tertiary/aromatic N) is 1. The zero-order valence-corrected chi connectivity index (χ0v) is 10.6. The van der Waals surface area contributed by atoms with Crippen molar-refractivity contribution in [2.45, 2.75) is 26.7 Å². The molecule has 92 valence electrons. The van der Waals surface area contributed by atoms with E-state index in [1.807, 2.05) is 4.90 Å². The highest BCUT2D eigenvalue weighted by atomic mass is 16.2. The Bertz CT molecular complexity index is 394. The molecule has 3 heteroatoms. The second-order valence-electron chi connectivity index (χ2n) is 4.74. The molecule has 1 fully saturated rings. The van der Waals surface area contributed by atoms with E-state index in [1.165, 1.54) is 11.1 Å². The third kappa shape index (κ3) is 3.07. The molecular weight excluding hydrogens is 212 g/mol. The topological polar surface area (TPSA) is 32.3 Å². The highest BCUT2D eigenvalue weighted by molar-refractivity contribution is 5.93. The molecule has 1 aliphatic heterocycles. The standard InChI is InChI=1S/C14H20N2O/c1-11-8-12(2)10-13(9-11)16-7-6-15-5-3-4-14(16)17/h8-10,15H,3-7H2,1-2H3. The van der Waals surface area contributed by atoms with Crippen LogP contribution in [0.1, 0.15) is 24.0 Å². The highest BCUT2D eigenvalue weighted by Crippen LogP contribution is 2.20. The Morgan fingerprint density at radius 3 is 2.53 bits per heavy atom. The molecule has 1 heterocycles. The molecule has 3 nitrogen and oxygen atoms in total. The van der Waals surface area contributed by atoms with Crippen LogP contribution in [0.4, 0.5) is 5.69 Å². The number of benzene rings is 1. The van der Waals surface area contributed by atoms with Gasteiger partial charge in [0.05, 0.1) is 0 Å². The van der Waals surface area contributed by atoms with Gasteiger partial charge in [0.1, 0.15) is 0 Å². The lowest BCUT2D eigenvalue weighted by Crippen LogP contribution is -2.40. The zero-order chi connectivity index (χ0) is 12.3. The van der Waals surface area contributed by atoms with Crippen LogP contribution in [0.2, 0.25) is 0 Å². The van der Waals surface area contributed by atoms with Crippen molar-refractivity contribution in [1.82, 2.24) is 5.32 Å². The maximum absolute atomic E-state index is 12.1. The molecule has 17 heavy (non-hydrogen) atoms. The first kappa shape index (κ1) is 12.1. The largest absolute Gasteiger partial charge is 0.315 e. The molecule has 0 unspecified atom stereocenters. The molecule has 1 saturated heterocycles. The van der Waals surface area contributed by atoms with E-state index in [9.17, 15) is 4.79 Å². The van der Waals surface area contributed by atoms with E-state index in [1.54, 1.807) is 0 Å². The van der Waals surface area contributed by atoms with Crippen LogP contribution in [0.25, 0.3) is 0 Å². The van der Waals surface area contributed by atoms with E-state index >= 15 is 0 Å². The summed E-state index contributed by atoms with van der Waals surface area (Å²) in [5, 5.41) is 3.34. The molecule has 0 aromatic heterocycles. The van der Waals surface area contributed by atoms with Gasteiger partial charge in [0.25, 0.3) is 0 Å². The van der Waals surface area contributed by atoms with E-state index in [0.717, 1.165) is 31.7 Å². The minimum atomic E-state index is 0.247. The Kier molecular flexibility index (Phi) is 3.79. The summed E-state index contributed by atoms with van der Waals surface area (Å²) >= 11 is 0. The van der Waals surface area contributed by atoms with Crippen LogP contribution >= 0.6 is 0 Å². The first-order valence-corrected chi connectivity index (χ1v) is 6.26. The monoisotopic (exact) mass is 232 g/mol. The number of hydrogen-bond acceptors (Lipinski definition) is 2. The number of nitrogens with one attached hydrogen (secondary N) is 1.